The number of hydrogen-bond acceptors (Lipinski definition) is 5. The van der Waals surface area contributed by atoms with Gasteiger partial charge >= 0.3 is 0 Å². The molecule has 0 radical (unpaired) electrons. The number of aromatic nitrogens is 2. The van der Waals surface area contributed by atoms with E-state index in [4.69, 9.17) is 16.3 Å². The summed E-state index contributed by atoms with van der Waals surface area (Å²) in [5.74, 6) is 0.0101. The largest absolute Gasteiger partial charge is 0.472 e. The molecule has 0 bridgehead atoms. The number of nitrogens with zero attached hydrogens (tertiary/aromatic N) is 2. The van der Waals surface area contributed by atoms with Crippen LogP contribution in [0.15, 0.2) is 47.5 Å². The number of halogens is 1. The summed E-state index contributed by atoms with van der Waals surface area (Å²) < 4.78 is 32.0. The molecular formula is C23H25ClN2O4S. The highest BCUT2D eigenvalue weighted by atomic mass is 35.5. The van der Waals surface area contributed by atoms with Crippen LogP contribution >= 0.6 is 11.6 Å². The Balaban J connectivity index is 2.04. The second-order valence-corrected chi connectivity index (χ2v) is 9.80. The summed E-state index contributed by atoms with van der Waals surface area (Å²) in [5, 5.41) is 4.45. The minimum Gasteiger partial charge on any atom is -0.472 e. The van der Waals surface area contributed by atoms with E-state index in [2.05, 4.69) is 5.10 Å². The van der Waals surface area contributed by atoms with Gasteiger partial charge < -0.3 is 4.74 Å². The van der Waals surface area contributed by atoms with Gasteiger partial charge in [-0.3, -0.25) is 4.79 Å². The third-order valence-electron chi connectivity index (χ3n) is 4.93. The molecule has 0 spiro atoms. The highest BCUT2D eigenvalue weighted by molar-refractivity contribution is 7.90. The fourth-order valence-corrected chi connectivity index (χ4v) is 5.20. The van der Waals surface area contributed by atoms with E-state index in [9.17, 15) is 13.2 Å². The molecule has 3 rings (SSSR count). The lowest BCUT2D eigenvalue weighted by Crippen LogP contribution is -2.11. The number of ketones is 1. The summed E-state index contributed by atoms with van der Waals surface area (Å²) in [5.41, 5.74) is 2.31. The quantitative estimate of drug-likeness (QED) is 0.452. The van der Waals surface area contributed by atoms with Crippen molar-refractivity contribution < 1.29 is 17.9 Å². The highest BCUT2D eigenvalue weighted by Gasteiger charge is 2.26. The highest BCUT2D eigenvalue weighted by Crippen LogP contribution is 2.33. The van der Waals surface area contributed by atoms with Gasteiger partial charge in [-0.05, 0) is 43.0 Å². The lowest BCUT2D eigenvalue weighted by molar-refractivity contribution is 0.103. The summed E-state index contributed by atoms with van der Waals surface area (Å²) in [4.78, 5) is 13.6. The monoisotopic (exact) mass is 460 g/mol. The Morgan fingerprint density at radius 3 is 2.45 bits per heavy atom. The maximum absolute atomic E-state index is 13.4. The van der Waals surface area contributed by atoms with Gasteiger partial charge in [0.1, 0.15) is 12.2 Å². The molecule has 0 unspecified atom stereocenters. The van der Waals surface area contributed by atoms with E-state index in [0.29, 0.717) is 23.6 Å². The fraction of sp³-hybridized carbons (Fsp3) is 0.304. The number of aryl methyl sites for hydroxylation is 2. The molecule has 0 aliphatic carbocycles. The zero-order chi connectivity index (χ0) is 22.8. The molecule has 0 aliphatic heterocycles. The summed E-state index contributed by atoms with van der Waals surface area (Å²) in [6, 6.07) is 11.2. The van der Waals surface area contributed by atoms with E-state index in [1.807, 2.05) is 37.3 Å². The average Bonchev–Trinajstić information content (AvgIpc) is 3.11. The molecular weight excluding hydrogens is 436 g/mol. The predicted octanol–water partition coefficient (Wildman–Crippen LogP) is 4.78. The van der Waals surface area contributed by atoms with Gasteiger partial charge in [0.15, 0.2) is 9.84 Å². The minimum atomic E-state index is -3.48. The van der Waals surface area contributed by atoms with E-state index in [1.54, 1.807) is 18.5 Å². The third-order valence-corrected chi connectivity index (χ3v) is 6.79. The Kier molecular flexibility index (Phi) is 6.86. The van der Waals surface area contributed by atoms with Crippen LogP contribution in [-0.2, 0) is 23.0 Å². The van der Waals surface area contributed by atoms with E-state index in [-0.39, 0.29) is 33.4 Å². The summed E-state index contributed by atoms with van der Waals surface area (Å²) in [7, 11) is -3.48. The van der Waals surface area contributed by atoms with Crippen molar-refractivity contribution >= 4 is 27.2 Å². The molecule has 1 aromatic heterocycles. The van der Waals surface area contributed by atoms with Crippen molar-refractivity contribution in [2.24, 2.45) is 0 Å². The van der Waals surface area contributed by atoms with Crippen molar-refractivity contribution in [2.45, 2.75) is 45.2 Å². The summed E-state index contributed by atoms with van der Waals surface area (Å²) in [6.45, 7) is 6.16. The first-order valence-corrected chi connectivity index (χ1v) is 12.2. The van der Waals surface area contributed by atoms with Crippen LogP contribution in [0, 0.1) is 13.8 Å². The van der Waals surface area contributed by atoms with E-state index >= 15 is 0 Å². The van der Waals surface area contributed by atoms with Gasteiger partial charge in [0.2, 0.25) is 11.7 Å². The molecule has 0 atom stereocenters. The summed E-state index contributed by atoms with van der Waals surface area (Å²) in [6.07, 6.45) is 3.42. The maximum Gasteiger partial charge on any atom is 0.223 e. The van der Waals surface area contributed by atoms with Crippen LogP contribution in [0.3, 0.4) is 0 Å². The second-order valence-electron chi connectivity index (χ2n) is 7.47. The Hall–Kier alpha value is -2.64. The van der Waals surface area contributed by atoms with Crippen LogP contribution in [0.5, 0.6) is 5.88 Å². The number of ether oxygens (including phenoxy) is 1. The van der Waals surface area contributed by atoms with Gasteiger partial charge in [0, 0.05) is 18.4 Å². The zero-order valence-electron chi connectivity index (χ0n) is 18.0. The van der Waals surface area contributed by atoms with Crippen molar-refractivity contribution in [3.8, 4) is 5.88 Å². The molecule has 1 heterocycles. The first kappa shape index (κ1) is 23.0. The van der Waals surface area contributed by atoms with Gasteiger partial charge in [-0.15, -0.1) is 0 Å². The Morgan fingerprint density at radius 1 is 1.16 bits per heavy atom. The molecule has 6 nitrogen and oxygen atoms in total. The van der Waals surface area contributed by atoms with Crippen LogP contribution in [-0.4, -0.2) is 30.2 Å². The van der Waals surface area contributed by atoms with Crippen molar-refractivity contribution in [1.82, 2.24) is 9.78 Å². The number of hydrogen-bond donors (Lipinski definition) is 0. The Labute approximate surface area is 187 Å². The molecule has 31 heavy (non-hydrogen) atoms. The Morgan fingerprint density at radius 2 is 1.84 bits per heavy atom. The lowest BCUT2D eigenvalue weighted by Gasteiger charge is -2.14. The van der Waals surface area contributed by atoms with Crippen LogP contribution in [0.25, 0.3) is 0 Å². The molecule has 8 heteroatoms. The van der Waals surface area contributed by atoms with Gasteiger partial charge in [0.25, 0.3) is 0 Å². The standard InChI is InChI=1S/C23H25ClN2O4S/c1-5-11-26-23(30-14-17-9-7-6-8-10-17)19(13-25-26)21(27)18-12-15(2)22(31(4,28)29)16(3)20(18)24/h6-10,12-13H,5,11,14H2,1-4H3. The molecule has 0 N–H and O–H groups in total. The van der Waals surface area contributed by atoms with Crippen molar-refractivity contribution in [2.75, 3.05) is 6.26 Å². The smallest absolute Gasteiger partial charge is 0.223 e. The first-order chi connectivity index (χ1) is 14.6. The van der Waals surface area contributed by atoms with E-state index in [0.717, 1.165) is 18.2 Å². The third kappa shape index (κ3) is 4.83. The van der Waals surface area contributed by atoms with E-state index in [1.165, 1.54) is 12.3 Å². The Bertz CT molecular complexity index is 1220. The molecule has 3 aromatic rings. The summed E-state index contributed by atoms with van der Waals surface area (Å²) >= 11 is 6.46. The first-order valence-electron chi connectivity index (χ1n) is 9.92. The molecule has 0 aliphatic rings. The fourth-order valence-electron chi connectivity index (χ4n) is 3.60. The molecule has 0 amide bonds. The van der Waals surface area contributed by atoms with Gasteiger partial charge in [-0.2, -0.15) is 5.10 Å². The lowest BCUT2D eigenvalue weighted by atomic mass is 10.0. The van der Waals surface area contributed by atoms with Crippen LogP contribution in [0.4, 0.5) is 0 Å². The molecule has 164 valence electrons. The minimum absolute atomic E-state index is 0.119. The predicted molar refractivity (Wildman–Crippen MR) is 121 cm³/mol. The van der Waals surface area contributed by atoms with Crippen molar-refractivity contribution in [3.05, 3.63) is 75.4 Å². The molecule has 2 aromatic carbocycles. The van der Waals surface area contributed by atoms with Crippen LogP contribution in [0.2, 0.25) is 5.02 Å². The maximum atomic E-state index is 13.4. The van der Waals surface area contributed by atoms with Crippen LogP contribution < -0.4 is 4.74 Å². The SMILES string of the molecule is CCCn1ncc(C(=O)c2cc(C)c(S(C)(=O)=O)c(C)c2Cl)c1OCc1ccccc1. The van der Waals surface area contributed by atoms with Gasteiger partial charge in [-0.1, -0.05) is 48.9 Å². The molecule has 0 fully saturated rings. The molecule has 0 saturated heterocycles. The number of carbonyl (C=O) groups is 1. The normalized spacial score (nSPS) is 11.5. The van der Waals surface area contributed by atoms with Crippen molar-refractivity contribution in [1.29, 1.82) is 0 Å². The number of rotatable bonds is 8. The number of benzene rings is 2. The van der Waals surface area contributed by atoms with Crippen LogP contribution in [0.1, 0.15) is 46.0 Å². The van der Waals surface area contributed by atoms with Gasteiger partial charge in [0.05, 0.1) is 16.1 Å². The average molecular weight is 461 g/mol. The molecule has 0 saturated carbocycles. The van der Waals surface area contributed by atoms with Crippen molar-refractivity contribution in [3.63, 3.8) is 0 Å². The topological polar surface area (TPSA) is 78.3 Å². The van der Waals surface area contributed by atoms with Gasteiger partial charge in [-0.25, -0.2) is 13.1 Å². The number of carbonyl (C=O) groups excluding carboxylic acids is 1. The van der Waals surface area contributed by atoms with E-state index < -0.39 is 9.84 Å². The second kappa shape index (κ2) is 9.24. The number of sulfone groups is 1. The zero-order valence-corrected chi connectivity index (χ0v) is 19.5.